The summed E-state index contributed by atoms with van der Waals surface area (Å²) in [7, 11) is 1.15. The smallest absolute Gasteiger partial charge is 0.339 e. The molecule has 4 N–H and O–H groups in total. The molecule has 18 atom stereocenters. The van der Waals surface area contributed by atoms with Gasteiger partial charge in [0.25, 0.3) is 0 Å². The maximum Gasteiger partial charge on any atom is 0.339 e. The van der Waals surface area contributed by atoms with Crippen LogP contribution in [0.5, 0.6) is 0 Å². The van der Waals surface area contributed by atoms with Crippen molar-refractivity contribution in [1.82, 2.24) is 0 Å². The van der Waals surface area contributed by atoms with Crippen molar-refractivity contribution in [2.24, 2.45) is 50.2 Å². The van der Waals surface area contributed by atoms with E-state index in [0.717, 1.165) is 65.9 Å². The molecule has 0 aromatic heterocycles. The molecule has 0 amide bonds. The van der Waals surface area contributed by atoms with E-state index in [1.165, 1.54) is 12.5 Å². The number of methoxy groups -OCH3 is 1. The summed E-state index contributed by atoms with van der Waals surface area (Å²) in [6.45, 7) is 18.9. The molecule has 0 spiro atoms. The monoisotopic (exact) mass is 934 g/mol. The Hall–Kier alpha value is -3.19. The van der Waals surface area contributed by atoms with E-state index >= 15 is 0 Å². The number of hydrogen-bond donors (Lipinski definition) is 4. The van der Waals surface area contributed by atoms with Crippen LogP contribution in [0.25, 0.3) is 0 Å². The van der Waals surface area contributed by atoms with Gasteiger partial charge >= 0.3 is 29.8 Å². The van der Waals surface area contributed by atoms with Crippen LogP contribution in [0.2, 0.25) is 0 Å². The Balaban J connectivity index is 1.17. The summed E-state index contributed by atoms with van der Waals surface area (Å²) < 4.78 is 46.6. The summed E-state index contributed by atoms with van der Waals surface area (Å²) in [6, 6.07) is 0. The molecular weight excluding hydrogens is 861 g/mol. The van der Waals surface area contributed by atoms with E-state index in [1.54, 1.807) is 0 Å². The Labute approximate surface area is 387 Å². The molecule has 6 fully saturated rings. The topological polar surface area (TPSA) is 240 Å². The zero-order chi connectivity index (χ0) is 48.7. The van der Waals surface area contributed by atoms with Crippen LogP contribution in [0.15, 0.2) is 11.6 Å². The van der Waals surface area contributed by atoms with Gasteiger partial charge in [0, 0.05) is 20.8 Å². The largest absolute Gasteiger partial charge is 0.467 e. The molecule has 17 nitrogen and oxygen atoms in total. The molecule has 0 bridgehead atoms. The van der Waals surface area contributed by atoms with Gasteiger partial charge in [0.15, 0.2) is 30.7 Å². The van der Waals surface area contributed by atoms with Crippen molar-refractivity contribution >= 4 is 29.8 Å². The van der Waals surface area contributed by atoms with Crippen molar-refractivity contribution in [2.45, 2.75) is 201 Å². The summed E-state index contributed by atoms with van der Waals surface area (Å²) in [4.78, 5) is 65.2. The van der Waals surface area contributed by atoms with Gasteiger partial charge in [-0.3, -0.25) is 19.2 Å². The quantitative estimate of drug-likeness (QED) is 0.110. The highest BCUT2D eigenvalue weighted by Gasteiger charge is 2.70. The van der Waals surface area contributed by atoms with E-state index in [0.29, 0.717) is 19.3 Å². The predicted molar refractivity (Wildman–Crippen MR) is 231 cm³/mol. The summed E-state index contributed by atoms with van der Waals surface area (Å²) in [6.07, 6.45) is -5.65. The maximum absolute atomic E-state index is 14.7. The van der Waals surface area contributed by atoms with E-state index in [4.69, 9.17) is 37.9 Å². The number of hydrogen-bond acceptors (Lipinski definition) is 17. The number of rotatable bonds is 9. The fourth-order valence-electron chi connectivity index (χ4n) is 14.6. The minimum absolute atomic E-state index is 0.0621. The van der Waals surface area contributed by atoms with Crippen molar-refractivity contribution in [3.8, 4) is 0 Å². The molecule has 0 aromatic rings. The number of carbonyl (C=O) groups excluding carboxylic acids is 5. The Morgan fingerprint density at radius 3 is 1.94 bits per heavy atom. The molecule has 5 aliphatic carbocycles. The van der Waals surface area contributed by atoms with Crippen molar-refractivity contribution in [1.29, 1.82) is 0 Å². The first-order chi connectivity index (χ1) is 30.7. The fraction of sp³-hybridized carbons (Fsp3) is 0.857. The Morgan fingerprint density at radius 2 is 1.32 bits per heavy atom. The van der Waals surface area contributed by atoms with Crippen LogP contribution in [-0.4, -0.2) is 132 Å². The van der Waals surface area contributed by atoms with Crippen molar-refractivity contribution < 1.29 is 82.3 Å². The van der Waals surface area contributed by atoms with Gasteiger partial charge < -0.3 is 58.3 Å². The Kier molecular flexibility index (Phi) is 13.8. The van der Waals surface area contributed by atoms with Gasteiger partial charge in [-0.25, -0.2) is 4.79 Å². The third kappa shape index (κ3) is 8.31. The SMILES string of the molecule is COC(=O)[C@H]1O[C@@H](O[C@H]2CC[C@]3(C)[C@H]4CC=C5[C@@H]6CC(C)(C)CC[C@]6(C(=O)O[C@@H]6O[C@H](CO)[C@@H](O)[C@H](O)[C@H]6O)CC[C@@]5(C)[C@]4(C)CC[C@H]3C2(C)C)[C@H](OC(C)=O)[C@@H](OC(C)=O)[C@@H]1OC(C)=O. The lowest BCUT2D eigenvalue weighted by Gasteiger charge is -2.71. The number of aliphatic hydroxyl groups is 4. The molecule has 66 heavy (non-hydrogen) atoms. The molecule has 4 saturated carbocycles. The first-order valence-electron chi connectivity index (χ1n) is 23.8. The van der Waals surface area contributed by atoms with Crippen LogP contribution in [0.3, 0.4) is 0 Å². The molecule has 7 rings (SSSR count). The second kappa shape index (κ2) is 18.0. The molecule has 2 heterocycles. The predicted octanol–water partition coefficient (Wildman–Crippen LogP) is 4.21. The molecule has 2 saturated heterocycles. The molecule has 7 aliphatic rings. The van der Waals surface area contributed by atoms with Gasteiger partial charge in [-0.1, -0.05) is 60.1 Å². The second-order valence-corrected chi connectivity index (χ2v) is 22.6. The van der Waals surface area contributed by atoms with E-state index in [-0.39, 0.29) is 39.4 Å². The van der Waals surface area contributed by atoms with Crippen molar-refractivity contribution in [3.63, 3.8) is 0 Å². The standard InChI is InChI=1S/C49H74O17/c1-24(51)60-36-37(61-25(2)52)39(62-26(3)53)42(65-38(36)40(57)59-11)64-32-15-16-46(8)30(45(32,6)7)14-17-48(10)31(46)13-12-27-28-22-44(4,5)18-20-49(28,21-19-47(27,48)9)43(58)66-41-35(56)34(55)33(54)29(23-50)63-41/h12,28-39,41-42,50,54-56H,13-23H2,1-11H3/t28-,29+,30-,31+,32-,33+,34-,35+,36-,37-,38-,39+,41-,42+,46-,47+,48+,49-/m0/s1. The summed E-state index contributed by atoms with van der Waals surface area (Å²) in [5, 5.41) is 41.6. The molecule has 372 valence electrons. The number of carbonyl (C=O) groups is 5. The van der Waals surface area contributed by atoms with Gasteiger partial charge in [0.1, 0.15) is 24.4 Å². The average Bonchev–Trinajstić information content (AvgIpc) is 3.23. The molecule has 0 unspecified atom stereocenters. The maximum atomic E-state index is 14.7. The Bertz CT molecular complexity index is 1930. The highest BCUT2D eigenvalue weighted by Crippen LogP contribution is 2.76. The van der Waals surface area contributed by atoms with Crippen LogP contribution in [0, 0.1) is 50.2 Å². The van der Waals surface area contributed by atoms with Crippen LogP contribution < -0.4 is 0 Å². The molecular formula is C49H74O17. The lowest BCUT2D eigenvalue weighted by Crippen LogP contribution is -2.67. The molecule has 17 heteroatoms. The van der Waals surface area contributed by atoms with Crippen LogP contribution in [0.4, 0.5) is 0 Å². The zero-order valence-electron chi connectivity index (χ0n) is 40.5. The molecule has 0 radical (unpaired) electrons. The van der Waals surface area contributed by atoms with Crippen LogP contribution >= 0.6 is 0 Å². The minimum Gasteiger partial charge on any atom is -0.467 e. The average molecular weight is 935 g/mol. The van der Waals surface area contributed by atoms with Gasteiger partial charge in [0.05, 0.1) is 25.2 Å². The van der Waals surface area contributed by atoms with Gasteiger partial charge in [0.2, 0.25) is 6.29 Å². The normalized spacial score (nSPS) is 45.8. The summed E-state index contributed by atoms with van der Waals surface area (Å²) >= 11 is 0. The second-order valence-electron chi connectivity index (χ2n) is 22.6. The minimum atomic E-state index is -1.69. The third-order valence-electron chi connectivity index (χ3n) is 18.2. The number of fused-ring (bicyclic) bond motifs is 7. The molecule has 0 aromatic carbocycles. The number of aliphatic hydroxyl groups excluding tert-OH is 4. The van der Waals surface area contributed by atoms with Crippen LogP contribution in [-0.2, 0) is 61.9 Å². The highest BCUT2D eigenvalue weighted by molar-refractivity contribution is 5.79. The summed E-state index contributed by atoms with van der Waals surface area (Å²) in [5.74, 6) is -3.40. The lowest BCUT2D eigenvalue weighted by molar-refractivity contribution is -0.327. The zero-order valence-corrected chi connectivity index (χ0v) is 40.5. The Morgan fingerprint density at radius 1 is 0.697 bits per heavy atom. The fourth-order valence-corrected chi connectivity index (χ4v) is 14.6. The third-order valence-corrected chi connectivity index (χ3v) is 18.2. The van der Waals surface area contributed by atoms with E-state index in [1.807, 2.05) is 0 Å². The molecule has 2 aliphatic heterocycles. The van der Waals surface area contributed by atoms with E-state index in [2.05, 4.69) is 54.5 Å². The number of ether oxygens (including phenoxy) is 8. The van der Waals surface area contributed by atoms with Gasteiger partial charge in [-0.15, -0.1) is 0 Å². The first kappa shape index (κ1) is 50.7. The van der Waals surface area contributed by atoms with Crippen molar-refractivity contribution in [3.05, 3.63) is 11.6 Å². The van der Waals surface area contributed by atoms with Gasteiger partial charge in [-0.05, 0) is 109 Å². The van der Waals surface area contributed by atoms with Crippen LogP contribution in [0.1, 0.15) is 133 Å². The lowest BCUT2D eigenvalue weighted by atomic mass is 9.33. The number of esters is 5. The first-order valence-corrected chi connectivity index (χ1v) is 23.8. The van der Waals surface area contributed by atoms with Gasteiger partial charge in [-0.2, -0.15) is 0 Å². The number of allylic oxidation sites excluding steroid dienone is 2. The van der Waals surface area contributed by atoms with E-state index < -0.39 is 115 Å². The summed E-state index contributed by atoms with van der Waals surface area (Å²) in [5.41, 5.74) is -0.764. The van der Waals surface area contributed by atoms with Crippen molar-refractivity contribution in [2.75, 3.05) is 13.7 Å². The highest BCUT2D eigenvalue weighted by atomic mass is 16.7. The van der Waals surface area contributed by atoms with E-state index in [9.17, 15) is 44.4 Å².